The molecule has 1 unspecified atom stereocenters. The van der Waals surface area contributed by atoms with E-state index in [9.17, 15) is 9.90 Å². The van der Waals surface area contributed by atoms with Crippen LogP contribution in [-0.2, 0) is 16.0 Å². The first-order valence-electron chi connectivity index (χ1n) is 5.68. The van der Waals surface area contributed by atoms with Gasteiger partial charge in [0, 0.05) is 0 Å². The lowest BCUT2D eigenvalue weighted by atomic mass is 9.88. The number of ether oxygens (including phenoxy) is 1. The minimum atomic E-state index is -1.19. The SMILES string of the molecule is COC(=O)C(O)c1ccc(CC(C)(C)C)cc1. The van der Waals surface area contributed by atoms with Crippen LogP contribution >= 0.6 is 0 Å². The second-order valence-corrected chi connectivity index (χ2v) is 5.40. The molecule has 3 heteroatoms. The Morgan fingerprint density at radius 2 is 1.82 bits per heavy atom. The van der Waals surface area contributed by atoms with E-state index in [4.69, 9.17) is 0 Å². The Bertz CT molecular complexity index is 373. The summed E-state index contributed by atoms with van der Waals surface area (Å²) in [6.07, 6.45) is -0.231. The Labute approximate surface area is 102 Å². The van der Waals surface area contributed by atoms with Gasteiger partial charge >= 0.3 is 5.97 Å². The van der Waals surface area contributed by atoms with E-state index < -0.39 is 12.1 Å². The van der Waals surface area contributed by atoms with Crippen LogP contribution in [0, 0.1) is 5.41 Å². The molecule has 0 fully saturated rings. The summed E-state index contributed by atoms with van der Waals surface area (Å²) in [5.74, 6) is -0.631. The standard InChI is InChI=1S/C14H20O3/c1-14(2,3)9-10-5-7-11(8-6-10)12(15)13(16)17-4/h5-8,12,15H,9H2,1-4H3. The molecule has 0 aliphatic carbocycles. The summed E-state index contributed by atoms with van der Waals surface area (Å²) in [5, 5.41) is 9.64. The number of aliphatic hydroxyl groups excluding tert-OH is 1. The molecule has 0 saturated heterocycles. The fourth-order valence-corrected chi connectivity index (χ4v) is 1.68. The Morgan fingerprint density at radius 3 is 2.24 bits per heavy atom. The lowest BCUT2D eigenvalue weighted by Gasteiger charge is -2.18. The molecule has 0 aromatic heterocycles. The third kappa shape index (κ3) is 4.19. The predicted molar refractivity (Wildman–Crippen MR) is 66.6 cm³/mol. The Balaban J connectivity index is 2.78. The Hall–Kier alpha value is -1.35. The van der Waals surface area contributed by atoms with Crippen molar-refractivity contribution in [1.82, 2.24) is 0 Å². The fraction of sp³-hybridized carbons (Fsp3) is 0.500. The van der Waals surface area contributed by atoms with Gasteiger partial charge in [0.05, 0.1) is 7.11 Å². The number of benzene rings is 1. The third-order valence-electron chi connectivity index (χ3n) is 2.45. The van der Waals surface area contributed by atoms with Crippen molar-refractivity contribution in [2.75, 3.05) is 7.11 Å². The van der Waals surface area contributed by atoms with Gasteiger partial charge in [-0.3, -0.25) is 0 Å². The molecule has 1 atom stereocenters. The van der Waals surface area contributed by atoms with E-state index in [1.165, 1.54) is 12.7 Å². The number of carbonyl (C=O) groups is 1. The molecule has 0 spiro atoms. The maximum atomic E-state index is 11.2. The molecular weight excluding hydrogens is 216 g/mol. The largest absolute Gasteiger partial charge is 0.467 e. The first-order chi connectivity index (χ1) is 7.83. The maximum absolute atomic E-state index is 11.2. The number of esters is 1. The van der Waals surface area contributed by atoms with Crippen LogP contribution < -0.4 is 0 Å². The molecule has 17 heavy (non-hydrogen) atoms. The van der Waals surface area contributed by atoms with E-state index in [1.54, 1.807) is 12.1 Å². The number of aliphatic hydroxyl groups is 1. The molecule has 1 rings (SSSR count). The van der Waals surface area contributed by atoms with Gasteiger partial charge in [-0.25, -0.2) is 4.79 Å². The average Bonchev–Trinajstić information content (AvgIpc) is 2.26. The Morgan fingerprint density at radius 1 is 1.29 bits per heavy atom. The van der Waals surface area contributed by atoms with Crippen molar-refractivity contribution in [2.24, 2.45) is 5.41 Å². The highest BCUT2D eigenvalue weighted by Crippen LogP contribution is 2.22. The normalized spacial score (nSPS) is 13.2. The van der Waals surface area contributed by atoms with Crippen molar-refractivity contribution in [1.29, 1.82) is 0 Å². The first kappa shape index (κ1) is 13.7. The molecule has 0 radical (unpaired) electrons. The minimum Gasteiger partial charge on any atom is -0.467 e. The van der Waals surface area contributed by atoms with Gasteiger partial charge in [0.25, 0.3) is 0 Å². The van der Waals surface area contributed by atoms with Gasteiger partial charge in [0.1, 0.15) is 0 Å². The topological polar surface area (TPSA) is 46.5 Å². The molecule has 0 heterocycles. The van der Waals surface area contributed by atoms with Crippen LogP contribution in [0.3, 0.4) is 0 Å². The number of methoxy groups -OCH3 is 1. The summed E-state index contributed by atoms with van der Waals surface area (Å²) in [6.45, 7) is 6.51. The predicted octanol–water partition coefficient (Wildman–Crippen LogP) is 2.48. The zero-order valence-corrected chi connectivity index (χ0v) is 10.9. The summed E-state index contributed by atoms with van der Waals surface area (Å²) in [5.41, 5.74) is 1.98. The van der Waals surface area contributed by atoms with Gasteiger partial charge < -0.3 is 9.84 Å². The van der Waals surface area contributed by atoms with Crippen molar-refractivity contribution < 1.29 is 14.6 Å². The van der Waals surface area contributed by atoms with Crippen molar-refractivity contribution >= 4 is 5.97 Å². The minimum absolute atomic E-state index is 0.225. The van der Waals surface area contributed by atoms with Crippen molar-refractivity contribution in [3.8, 4) is 0 Å². The van der Waals surface area contributed by atoms with E-state index in [2.05, 4.69) is 25.5 Å². The third-order valence-corrected chi connectivity index (χ3v) is 2.45. The molecule has 0 aliphatic heterocycles. The van der Waals surface area contributed by atoms with E-state index in [1.807, 2.05) is 12.1 Å². The van der Waals surface area contributed by atoms with Gasteiger partial charge in [-0.05, 0) is 23.0 Å². The molecule has 1 N–H and O–H groups in total. The summed E-state index contributed by atoms with van der Waals surface area (Å²) in [6, 6.07) is 7.41. The molecule has 0 bridgehead atoms. The molecular formula is C14H20O3. The zero-order valence-electron chi connectivity index (χ0n) is 10.9. The van der Waals surface area contributed by atoms with Gasteiger partial charge in [0.15, 0.2) is 6.10 Å². The highest BCUT2D eigenvalue weighted by molar-refractivity contribution is 5.76. The Kier molecular flexibility index (Phi) is 4.29. The van der Waals surface area contributed by atoms with E-state index in [0.717, 1.165) is 6.42 Å². The van der Waals surface area contributed by atoms with Crippen molar-refractivity contribution in [3.63, 3.8) is 0 Å². The number of hydrogen-bond donors (Lipinski definition) is 1. The summed E-state index contributed by atoms with van der Waals surface area (Å²) >= 11 is 0. The van der Waals surface area contributed by atoms with Crippen LogP contribution in [0.15, 0.2) is 24.3 Å². The van der Waals surface area contributed by atoms with Crippen LogP contribution in [-0.4, -0.2) is 18.2 Å². The second-order valence-electron chi connectivity index (χ2n) is 5.40. The van der Waals surface area contributed by atoms with Gasteiger partial charge in [-0.15, -0.1) is 0 Å². The quantitative estimate of drug-likeness (QED) is 0.820. The van der Waals surface area contributed by atoms with Crippen molar-refractivity contribution in [2.45, 2.75) is 33.3 Å². The average molecular weight is 236 g/mol. The molecule has 3 nitrogen and oxygen atoms in total. The van der Waals surface area contributed by atoms with Gasteiger partial charge in [-0.2, -0.15) is 0 Å². The van der Waals surface area contributed by atoms with Crippen LogP contribution in [0.5, 0.6) is 0 Å². The lowest BCUT2D eigenvalue weighted by molar-refractivity contribution is -0.150. The van der Waals surface area contributed by atoms with Gasteiger partial charge in [0.2, 0.25) is 0 Å². The number of hydrogen-bond acceptors (Lipinski definition) is 3. The van der Waals surface area contributed by atoms with E-state index in [-0.39, 0.29) is 5.41 Å². The molecule has 1 aromatic carbocycles. The van der Waals surface area contributed by atoms with E-state index in [0.29, 0.717) is 5.56 Å². The van der Waals surface area contributed by atoms with Gasteiger partial charge in [-0.1, -0.05) is 45.0 Å². The second kappa shape index (κ2) is 5.32. The molecule has 94 valence electrons. The first-order valence-corrected chi connectivity index (χ1v) is 5.68. The number of rotatable bonds is 3. The molecule has 0 saturated carbocycles. The highest BCUT2D eigenvalue weighted by Gasteiger charge is 2.18. The van der Waals surface area contributed by atoms with E-state index >= 15 is 0 Å². The summed E-state index contributed by atoms with van der Waals surface area (Å²) in [4.78, 5) is 11.2. The summed E-state index contributed by atoms with van der Waals surface area (Å²) < 4.78 is 4.49. The smallest absolute Gasteiger partial charge is 0.339 e. The monoisotopic (exact) mass is 236 g/mol. The zero-order chi connectivity index (χ0) is 13.1. The molecule has 1 aromatic rings. The highest BCUT2D eigenvalue weighted by atomic mass is 16.5. The fourth-order valence-electron chi connectivity index (χ4n) is 1.68. The van der Waals surface area contributed by atoms with Crippen LogP contribution in [0.4, 0.5) is 0 Å². The van der Waals surface area contributed by atoms with Crippen LogP contribution in [0.2, 0.25) is 0 Å². The van der Waals surface area contributed by atoms with Crippen LogP contribution in [0.25, 0.3) is 0 Å². The van der Waals surface area contributed by atoms with Crippen molar-refractivity contribution in [3.05, 3.63) is 35.4 Å². The summed E-state index contributed by atoms with van der Waals surface area (Å²) in [7, 11) is 1.26. The lowest BCUT2D eigenvalue weighted by Crippen LogP contribution is -2.14. The maximum Gasteiger partial charge on any atom is 0.339 e. The number of carbonyl (C=O) groups excluding carboxylic acids is 1. The van der Waals surface area contributed by atoms with Crippen LogP contribution in [0.1, 0.15) is 38.0 Å². The molecule has 0 amide bonds. The molecule has 0 aliphatic rings.